The number of aliphatic hydroxyl groups is 1. The third-order valence-corrected chi connectivity index (χ3v) is 17.8. The number of aliphatic hydroxyl groups excluding tert-OH is 1. The summed E-state index contributed by atoms with van der Waals surface area (Å²) in [6.07, 6.45) is 2.44. The highest BCUT2D eigenvalue weighted by Crippen LogP contribution is 2.35. The van der Waals surface area contributed by atoms with E-state index in [2.05, 4.69) is 51.0 Å². The molecule has 0 unspecified atom stereocenters. The normalized spacial score (nSPS) is 17.8. The number of ether oxygens (including phenoxy) is 3. The van der Waals surface area contributed by atoms with E-state index in [4.69, 9.17) is 14.2 Å². The van der Waals surface area contributed by atoms with E-state index >= 15 is 0 Å². The van der Waals surface area contributed by atoms with Gasteiger partial charge in [-0.05, 0) is 74.4 Å². The zero-order valence-corrected chi connectivity index (χ0v) is 48.1. The van der Waals surface area contributed by atoms with Crippen LogP contribution in [0.3, 0.4) is 0 Å². The minimum absolute atomic E-state index is 0.0386. The van der Waals surface area contributed by atoms with Crippen LogP contribution in [0.4, 0.5) is 29.0 Å². The van der Waals surface area contributed by atoms with E-state index in [1.807, 2.05) is 75.1 Å². The van der Waals surface area contributed by atoms with Crippen LogP contribution < -0.4 is 30.9 Å². The Labute approximate surface area is 471 Å². The van der Waals surface area contributed by atoms with Crippen LogP contribution in [0.15, 0.2) is 83.5 Å². The lowest BCUT2D eigenvalue weighted by Gasteiger charge is -2.43. The van der Waals surface area contributed by atoms with Crippen molar-refractivity contribution in [2.24, 2.45) is 5.41 Å². The molecule has 22 nitrogen and oxygen atoms in total. The summed E-state index contributed by atoms with van der Waals surface area (Å²) >= 11 is 1.56. The summed E-state index contributed by atoms with van der Waals surface area (Å²) in [6, 6.07) is 18.9. The van der Waals surface area contributed by atoms with Crippen molar-refractivity contribution >= 4 is 73.8 Å². The highest BCUT2D eigenvalue weighted by Gasteiger charge is 2.44. The lowest BCUT2D eigenvalue weighted by molar-refractivity contribution is -0.144. The van der Waals surface area contributed by atoms with Crippen LogP contribution in [-0.4, -0.2) is 181 Å². The number of nitrogens with one attached hydrogen (secondary N) is 4. The summed E-state index contributed by atoms with van der Waals surface area (Å²) in [5.41, 5.74) is 5.99. The minimum Gasteiger partial charge on any atom is -0.494 e. The molecule has 5 heterocycles. The fraction of sp³-hybridized carbons (Fsp3) is 0.500. The molecule has 80 heavy (non-hydrogen) atoms. The van der Waals surface area contributed by atoms with Gasteiger partial charge in [0.1, 0.15) is 37.4 Å². The quantitative estimate of drug-likeness (QED) is 0.0575. The summed E-state index contributed by atoms with van der Waals surface area (Å²) in [4.78, 5) is 80.3. The molecule has 3 saturated heterocycles. The van der Waals surface area contributed by atoms with Gasteiger partial charge in [-0.1, -0.05) is 57.2 Å². The standard InChI is InChI=1S/C56H74N12O10S2/c1-36(2)80(74,75)47-11-9-8-10-44(47)62-55-59-34-58-54(64-55)61-43-17-16-41(28-46(43)76-7)65-20-18-40(19-21-65)66-22-24-67(25-23-66)49(71)33-78-27-26-77-32-48(70)63-51(56(4,5)6)53(73)68-31-42(69)29-45(68)52(72)57-30-38-12-14-39(15-13-38)50-37(3)60-35-79-50/h8-17,28,34-36,40,42,45,51,69H,18-27,29-33H2,1-7H3,(H,57,72)(H,63,70)(H2,58,59,61,62,64)/t42-,45+,51-/m1/s1. The fourth-order valence-corrected chi connectivity index (χ4v) is 12.1. The van der Waals surface area contributed by atoms with Crippen molar-refractivity contribution in [2.45, 2.75) is 102 Å². The maximum absolute atomic E-state index is 14.0. The van der Waals surface area contributed by atoms with Gasteiger partial charge in [0, 0.05) is 76.6 Å². The van der Waals surface area contributed by atoms with Gasteiger partial charge >= 0.3 is 0 Å². The van der Waals surface area contributed by atoms with Gasteiger partial charge < -0.3 is 55.3 Å². The molecule has 0 radical (unpaired) electrons. The zero-order valence-electron chi connectivity index (χ0n) is 46.5. The van der Waals surface area contributed by atoms with Crippen LogP contribution in [0.2, 0.25) is 0 Å². The van der Waals surface area contributed by atoms with Crippen LogP contribution in [0.1, 0.15) is 65.1 Å². The van der Waals surface area contributed by atoms with Crippen molar-refractivity contribution in [1.29, 1.82) is 0 Å². The zero-order chi connectivity index (χ0) is 57.1. The predicted molar refractivity (Wildman–Crippen MR) is 305 cm³/mol. The molecular weight excluding hydrogens is 1060 g/mol. The number of carbonyl (C=O) groups is 4. The number of aryl methyl sites for hydroxylation is 1. The first-order valence-electron chi connectivity index (χ1n) is 27.0. The summed E-state index contributed by atoms with van der Waals surface area (Å²) in [6.45, 7) is 15.0. The number of benzene rings is 3. The predicted octanol–water partition coefficient (Wildman–Crippen LogP) is 4.94. The number of β-amino-alcohol motifs (C(OH)–C–C–N with tert-alkyl or cyclic N) is 1. The number of carbonyl (C=O) groups excluding carboxylic acids is 4. The molecule has 3 fully saturated rings. The van der Waals surface area contributed by atoms with Gasteiger partial charge in [-0.2, -0.15) is 4.98 Å². The molecule has 5 aromatic rings. The SMILES string of the molecule is COc1cc(N2CCC(N3CCN(C(=O)COCCOCC(=O)N[C@H](C(=O)N4C[C@H](O)C[C@H]4C(=O)NCc4ccc(-c5scnc5C)cc4)C(C)(C)C)CC3)CC2)ccc1Nc1ncnc(Nc2ccccc2S(=O)(=O)C(C)C)n1. The summed E-state index contributed by atoms with van der Waals surface area (Å²) in [5.74, 6) is -0.465. The van der Waals surface area contributed by atoms with Gasteiger partial charge in [-0.3, -0.25) is 24.1 Å². The molecule has 5 N–H and O–H groups in total. The third-order valence-electron chi connectivity index (χ3n) is 14.6. The average Bonchev–Trinajstić information content (AvgIpc) is 4.07. The van der Waals surface area contributed by atoms with Crippen LogP contribution in [-0.2, 0) is 45.0 Å². The Bertz CT molecular complexity index is 3050. The number of thiazole rings is 1. The Kier molecular flexibility index (Phi) is 19.7. The lowest BCUT2D eigenvalue weighted by Crippen LogP contribution is -2.58. The van der Waals surface area contributed by atoms with E-state index in [-0.39, 0.29) is 74.5 Å². The summed E-state index contributed by atoms with van der Waals surface area (Å²) in [7, 11) is -1.96. The number of anilines is 5. The topological polar surface area (TPSA) is 263 Å². The van der Waals surface area contributed by atoms with E-state index in [9.17, 15) is 32.7 Å². The second kappa shape index (κ2) is 26.6. The maximum atomic E-state index is 14.0. The molecule has 2 aromatic heterocycles. The number of piperazine rings is 1. The Morgan fingerprint density at radius 2 is 1.52 bits per heavy atom. The molecule has 4 amide bonds. The van der Waals surface area contributed by atoms with Crippen LogP contribution >= 0.6 is 11.3 Å². The molecule has 24 heteroatoms. The van der Waals surface area contributed by atoms with E-state index in [0.717, 1.165) is 66.4 Å². The molecule has 0 saturated carbocycles. The molecule has 8 rings (SSSR count). The van der Waals surface area contributed by atoms with Crippen LogP contribution in [0, 0.1) is 12.3 Å². The van der Waals surface area contributed by atoms with Gasteiger partial charge in [0.15, 0.2) is 9.84 Å². The van der Waals surface area contributed by atoms with Gasteiger partial charge in [0.25, 0.3) is 0 Å². The Hall–Kier alpha value is -6.83. The number of para-hydroxylation sites is 1. The number of nitrogens with zero attached hydrogens (tertiary/aromatic N) is 8. The molecule has 0 aliphatic carbocycles. The maximum Gasteiger partial charge on any atom is 0.248 e. The number of methoxy groups -OCH3 is 1. The van der Waals surface area contributed by atoms with E-state index in [1.54, 1.807) is 62.1 Å². The number of rotatable bonds is 22. The molecule has 3 aromatic carbocycles. The second-order valence-corrected chi connectivity index (χ2v) is 24.9. The highest BCUT2D eigenvalue weighted by atomic mass is 32.2. The number of aromatic nitrogens is 4. The Balaban J connectivity index is 0.716. The monoisotopic (exact) mass is 1140 g/mol. The van der Waals surface area contributed by atoms with Crippen molar-refractivity contribution < 1.29 is 46.9 Å². The largest absolute Gasteiger partial charge is 0.494 e. The molecule has 0 bridgehead atoms. The molecule has 3 atom stereocenters. The number of sulfone groups is 1. The Morgan fingerprint density at radius 1 is 0.850 bits per heavy atom. The number of amides is 4. The number of hydrogen-bond acceptors (Lipinski definition) is 19. The molecule has 430 valence electrons. The average molecular weight is 1140 g/mol. The Morgan fingerprint density at radius 3 is 2.17 bits per heavy atom. The lowest BCUT2D eigenvalue weighted by atomic mass is 9.85. The number of likely N-dealkylation sites (tertiary alicyclic amines) is 1. The van der Waals surface area contributed by atoms with Gasteiger partial charge in [0.2, 0.25) is 35.5 Å². The second-order valence-electron chi connectivity index (χ2n) is 21.5. The summed E-state index contributed by atoms with van der Waals surface area (Å²) < 4.78 is 43.0. The first kappa shape index (κ1) is 59.3. The fourth-order valence-electron chi connectivity index (χ4n) is 10.1. The first-order chi connectivity index (χ1) is 38.3. The highest BCUT2D eigenvalue weighted by molar-refractivity contribution is 7.92. The first-order valence-corrected chi connectivity index (χ1v) is 29.4. The summed E-state index contributed by atoms with van der Waals surface area (Å²) in [5, 5.41) is 22.0. The van der Waals surface area contributed by atoms with E-state index < -0.39 is 50.5 Å². The smallest absolute Gasteiger partial charge is 0.248 e. The molecule has 0 spiro atoms. The number of piperidine rings is 1. The van der Waals surface area contributed by atoms with Crippen molar-refractivity contribution in [3.05, 3.63) is 89.8 Å². The van der Waals surface area contributed by atoms with Crippen molar-refractivity contribution in [3.8, 4) is 16.2 Å². The molecule has 3 aliphatic heterocycles. The van der Waals surface area contributed by atoms with Gasteiger partial charge in [-0.25, -0.2) is 23.4 Å². The van der Waals surface area contributed by atoms with Gasteiger partial charge in [-0.15, -0.1) is 11.3 Å². The number of hydrogen-bond donors (Lipinski definition) is 5. The van der Waals surface area contributed by atoms with Crippen molar-refractivity contribution in [2.75, 3.05) is 94.9 Å². The minimum atomic E-state index is -3.56. The van der Waals surface area contributed by atoms with Crippen LogP contribution in [0.25, 0.3) is 10.4 Å². The van der Waals surface area contributed by atoms with E-state index in [0.29, 0.717) is 36.3 Å². The van der Waals surface area contributed by atoms with Crippen LogP contribution in [0.5, 0.6) is 5.75 Å². The molecule has 3 aliphatic rings. The van der Waals surface area contributed by atoms with Crippen molar-refractivity contribution in [1.82, 2.24) is 45.3 Å². The van der Waals surface area contributed by atoms with Gasteiger partial charge in [0.05, 0.1) is 64.0 Å². The van der Waals surface area contributed by atoms with Crippen molar-refractivity contribution in [3.63, 3.8) is 0 Å². The third kappa shape index (κ3) is 14.9. The van der Waals surface area contributed by atoms with E-state index in [1.165, 1.54) is 11.2 Å². The molecular formula is C56H74N12O10S2.